The Morgan fingerprint density at radius 2 is 1.92 bits per heavy atom. The Bertz CT molecular complexity index is 1460. The first-order chi connectivity index (χ1) is 18.0. The lowest BCUT2D eigenvalue weighted by atomic mass is 9.60. The van der Waals surface area contributed by atoms with E-state index in [-0.39, 0.29) is 0 Å². The topological polar surface area (TPSA) is 66.0 Å². The zero-order chi connectivity index (χ0) is 25.1. The third kappa shape index (κ3) is 3.98. The van der Waals surface area contributed by atoms with Crippen LogP contribution in [0.1, 0.15) is 45.2 Å². The summed E-state index contributed by atoms with van der Waals surface area (Å²) in [5.41, 5.74) is 6.80. The highest BCUT2D eigenvalue weighted by atomic mass is 15.3. The van der Waals surface area contributed by atoms with E-state index in [9.17, 15) is 0 Å². The van der Waals surface area contributed by atoms with Crippen LogP contribution in [0.15, 0.2) is 49.6 Å². The number of likely N-dealkylation sites (tertiary alicyclic amines) is 2. The Balaban J connectivity index is 1.07. The van der Waals surface area contributed by atoms with Crippen molar-refractivity contribution in [3.63, 3.8) is 0 Å². The summed E-state index contributed by atoms with van der Waals surface area (Å²) in [7, 11) is 0. The van der Waals surface area contributed by atoms with E-state index in [1.807, 2.05) is 23.1 Å². The summed E-state index contributed by atoms with van der Waals surface area (Å²) >= 11 is 0. The molecule has 4 aromatic rings. The molecule has 0 aromatic carbocycles. The maximum Gasteiger partial charge on any atom is 0.241 e. The van der Waals surface area contributed by atoms with Crippen LogP contribution in [0, 0.1) is 11.3 Å². The Labute approximate surface area is 218 Å². The smallest absolute Gasteiger partial charge is 0.241 e. The Hall–Kier alpha value is -3.39. The maximum atomic E-state index is 4.78. The molecule has 0 radical (unpaired) electrons. The predicted molar refractivity (Wildman–Crippen MR) is 147 cm³/mol. The first kappa shape index (κ1) is 22.8. The van der Waals surface area contributed by atoms with Gasteiger partial charge >= 0.3 is 0 Å². The van der Waals surface area contributed by atoms with E-state index in [0.29, 0.717) is 17.4 Å². The van der Waals surface area contributed by atoms with Crippen molar-refractivity contribution < 1.29 is 0 Å². The van der Waals surface area contributed by atoms with Crippen molar-refractivity contribution in [2.75, 3.05) is 38.0 Å². The number of imidazole rings is 1. The molecule has 4 aromatic heterocycles. The van der Waals surface area contributed by atoms with E-state index in [2.05, 4.69) is 69.3 Å². The molecular weight excluding hydrogens is 460 g/mol. The van der Waals surface area contributed by atoms with Crippen molar-refractivity contribution in [3.05, 3.63) is 55.3 Å². The molecular formula is C29H36N8. The van der Waals surface area contributed by atoms with E-state index < -0.39 is 0 Å². The van der Waals surface area contributed by atoms with Gasteiger partial charge in [-0.1, -0.05) is 20.4 Å². The van der Waals surface area contributed by atoms with Gasteiger partial charge in [0.05, 0.1) is 29.3 Å². The molecule has 7 rings (SSSR count). The van der Waals surface area contributed by atoms with Gasteiger partial charge in [0.25, 0.3) is 0 Å². The molecule has 3 aliphatic rings. The average molecular weight is 497 g/mol. The maximum absolute atomic E-state index is 4.78. The molecule has 0 bridgehead atoms. The van der Waals surface area contributed by atoms with Gasteiger partial charge in [0.2, 0.25) is 5.95 Å². The third-order valence-electron chi connectivity index (χ3n) is 8.45. The third-order valence-corrected chi connectivity index (χ3v) is 8.45. The summed E-state index contributed by atoms with van der Waals surface area (Å²) in [6, 6.07) is 6.79. The van der Waals surface area contributed by atoms with Crippen LogP contribution in [0.4, 0.5) is 5.95 Å². The number of fused-ring (bicyclic) bond motifs is 2. The van der Waals surface area contributed by atoms with Crippen LogP contribution in [0.25, 0.3) is 28.0 Å². The highest BCUT2D eigenvalue weighted by molar-refractivity contribution is 5.81. The number of nitrogens with one attached hydrogen (secondary N) is 1. The SMILES string of the molecule is C=C(c1cnc2ccc(-c3ccn4nc(NC5CC6(C5)CN(CC(C)C)C6)ncc34)cn12)N1CCCC1. The van der Waals surface area contributed by atoms with Crippen molar-refractivity contribution >= 4 is 22.8 Å². The van der Waals surface area contributed by atoms with E-state index in [4.69, 9.17) is 10.1 Å². The van der Waals surface area contributed by atoms with Crippen molar-refractivity contribution in [1.82, 2.24) is 33.8 Å². The lowest BCUT2D eigenvalue weighted by Gasteiger charge is -2.59. The Kier molecular flexibility index (Phi) is 5.29. The molecule has 8 nitrogen and oxygen atoms in total. The summed E-state index contributed by atoms with van der Waals surface area (Å²) in [6.45, 7) is 14.8. The fourth-order valence-corrected chi connectivity index (χ4v) is 6.79. The van der Waals surface area contributed by atoms with E-state index in [0.717, 1.165) is 52.7 Å². The molecule has 37 heavy (non-hydrogen) atoms. The van der Waals surface area contributed by atoms with Gasteiger partial charge in [0.1, 0.15) is 5.65 Å². The van der Waals surface area contributed by atoms with E-state index >= 15 is 0 Å². The second kappa shape index (κ2) is 8.58. The molecule has 8 heteroatoms. The fraction of sp³-hybridized carbons (Fsp3) is 0.483. The molecule has 0 amide bonds. The minimum Gasteiger partial charge on any atom is -0.370 e. The number of hydrogen-bond acceptors (Lipinski definition) is 6. The number of pyridine rings is 1. The monoisotopic (exact) mass is 496 g/mol. The predicted octanol–water partition coefficient (Wildman–Crippen LogP) is 4.64. The molecule has 1 N–H and O–H groups in total. The van der Waals surface area contributed by atoms with E-state index in [1.165, 1.54) is 45.3 Å². The first-order valence-electron chi connectivity index (χ1n) is 13.7. The molecule has 2 aliphatic heterocycles. The quantitative estimate of drug-likeness (QED) is 0.402. The summed E-state index contributed by atoms with van der Waals surface area (Å²) < 4.78 is 4.10. The Morgan fingerprint density at radius 1 is 1.11 bits per heavy atom. The molecule has 192 valence electrons. The van der Waals surface area contributed by atoms with Gasteiger partial charge in [-0.25, -0.2) is 14.5 Å². The number of rotatable bonds is 7. The van der Waals surface area contributed by atoms with Gasteiger partial charge in [0.15, 0.2) is 0 Å². The normalized spacial score (nSPS) is 19.7. The summed E-state index contributed by atoms with van der Waals surface area (Å²) in [6.07, 6.45) is 13.0. The van der Waals surface area contributed by atoms with Gasteiger partial charge < -0.3 is 15.1 Å². The van der Waals surface area contributed by atoms with E-state index in [1.54, 1.807) is 0 Å². The summed E-state index contributed by atoms with van der Waals surface area (Å²) in [5, 5.41) is 8.36. The summed E-state index contributed by atoms with van der Waals surface area (Å²) in [5.74, 6) is 1.46. The molecule has 1 aliphatic carbocycles. The number of aromatic nitrogens is 5. The van der Waals surface area contributed by atoms with Crippen LogP contribution in [-0.4, -0.2) is 72.5 Å². The minimum absolute atomic E-state index is 0.472. The molecule has 1 spiro atoms. The highest BCUT2D eigenvalue weighted by Crippen LogP contribution is 2.49. The second-order valence-corrected chi connectivity index (χ2v) is 11.9. The number of nitrogens with zero attached hydrogens (tertiary/aromatic N) is 7. The molecule has 3 fully saturated rings. The van der Waals surface area contributed by atoms with Crippen LogP contribution in [0.5, 0.6) is 0 Å². The molecule has 0 atom stereocenters. The van der Waals surface area contributed by atoms with Gasteiger partial charge in [-0.3, -0.25) is 4.40 Å². The zero-order valence-electron chi connectivity index (χ0n) is 21.9. The molecule has 0 unspecified atom stereocenters. The first-order valence-corrected chi connectivity index (χ1v) is 13.7. The van der Waals surface area contributed by atoms with Crippen LogP contribution in [0.3, 0.4) is 0 Å². The standard InChI is InChI=1S/C29H36N8/c1-20(2)16-34-18-29(19-34)12-23(13-29)32-28-31-15-26-24(8-11-37(26)33-28)22-6-7-27-30-14-25(36(27)17-22)21(3)35-9-4-5-10-35/h6-8,11,14-15,17,20,23H,3-5,9-10,12-13,16,18-19H2,1-2H3,(H,32,33). The van der Waals surface area contributed by atoms with Crippen LogP contribution < -0.4 is 5.32 Å². The van der Waals surface area contributed by atoms with Crippen molar-refractivity contribution in [2.24, 2.45) is 11.3 Å². The zero-order valence-corrected chi connectivity index (χ0v) is 21.9. The largest absolute Gasteiger partial charge is 0.370 e. The summed E-state index contributed by atoms with van der Waals surface area (Å²) in [4.78, 5) is 14.3. The van der Waals surface area contributed by atoms with Crippen molar-refractivity contribution in [1.29, 1.82) is 0 Å². The average Bonchev–Trinajstić information content (AvgIpc) is 3.59. The lowest BCUT2D eigenvalue weighted by molar-refractivity contribution is -0.0711. The Morgan fingerprint density at radius 3 is 2.70 bits per heavy atom. The van der Waals surface area contributed by atoms with Gasteiger partial charge in [0, 0.05) is 62.3 Å². The minimum atomic E-state index is 0.472. The van der Waals surface area contributed by atoms with Gasteiger partial charge in [-0.05, 0) is 55.2 Å². The number of anilines is 1. The van der Waals surface area contributed by atoms with Crippen molar-refractivity contribution in [3.8, 4) is 11.1 Å². The van der Waals surface area contributed by atoms with Gasteiger partial charge in [-0.15, -0.1) is 5.10 Å². The molecule has 2 saturated heterocycles. The molecule has 1 saturated carbocycles. The van der Waals surface area contributed by atoms with Crippen LogP contribution in [0.2, 0.25) is 0 Å². The molecule has 6 heterocycles. The van der Waals surface area contributed by atoms with Crippen molar-refractivity contribution in [2.45, 2.75) is 45.6 Å². The number of hydrogen-bond donors (Lipinski definition) is 1. The second-order valence-electron chi connectivity index (χ2n) is 11.9. The fourth-order valence-electron chi connectivity index (χ4n) is 6.79. The highest BCUT2D eigenvalue weighted by Gasteiger charge is 2.52. The van der Waals surface area contributed by atoms with Crippen LogP contribution in [-0.2, 0) is 0 Å². The van der Waals surface area contributed by atoms with Gasteiger partial charge in [-0.2, -0.15) is 0 Å². The lowest BCUT2D eigenvalue weighted by Crippen LogP contribution is -2.65. The van der Waals surface area contributed by atoms with Crippen LogP contribution >= 0.6 is 0 Å².